The maximum atomic E-state index is 14.5. The van der Waals surface area contributed by atoms with Crippen LogP contribution in [0.1, 0.15) is 126 Å². The Bertz CT molecular complexity index is 1960. The molecule has 0 unspecified atom stereocenters. The summed E-state index contributed by atoms with van der Waals surface area (Å²) >= 11 is 0. The lowest BCUT2D eigenvalue weighted by Crippen LogP contribution is -2.61. The molecule has 1 aliphatic carbocycles. The highest BCUT2D eigenvalue weighted by Gasteiger charge is 2.53. The van der Waals surface area contributed by atoms with E-state index in [0.29, 0.717) is 63.4 Å². The summed E-state index contributed by atoms with van der Waals surface area (Å²) in [7, 11) is 6.06. The number of methoxy groups -OCH3 is 2. The number of carbonyl (C=O) groups is 6. The number of hydrogen-bond acceptors (Lipinski definition) is 15. The van der Waals surface area contributed by atoms with Gasteiger partial charge in [0.15, 0.2) is 5.78 Å². The minimum atomic E-state index is -2.52. The van der Waals surface area contributed by atoms with Crippen molar-refractivity contribution in [3.63, 3.8) is 0 Å². The Morgan fingerprint density at radius 1 is 0.889 bits per heavy atom. The molecule has 3 heterocycles. The first-order valence-corrected chi connectivity index (χ1v) is 26.1. The highest BCUT2D eigenvalue weighted by Crippen LogP contribution is 2.38. The Hall–Kier alpha value is -4.10. The fraction of sp³-hybridized carbons (Fsp3) is 0.745. The van der Waals surface area contributed by atoms with E-state index in [1.165, 1.54) is 12.0 Å². The Labute approximate surface area is 427 Å². The number of amides is 2. The molecule has 406 valence electrons. The van der Waals surface area contributed by atoms with Gasteiger partial charge in [0.25, 0.3) is 11.7 Å². The molecule has 0 radical (unpaired) electrons. The smallest absolute Gasteiger partial charge is 0.409 e. The van der Waals surface area contributed by atoms with Crippen molar-refractivity contribution in [2.45, 2.75) is 180 Å². The van der Waals surface area contributed by atoms with Crippen LogP contribution >= 0.6 is 0 Å². The molecule has 17 nitrogen and oxygen atoms in total. The predicted molar refractivity (Wildman–Crippen MR) is 269 cm³/mol. The van der Waals surface area contributed by atoms with Crippen molar-refractivity contribution in [3.05, 3.63) is 47.6 Å². The van der Waals surface area contributed by atoms with Gasteiger partial charge in [-0.2, -0.15) is 0 Å². The van der Waals surface area contributed by atoms with Crippen LogP contribution < -0.4 is 0 Å². The summed E-state index contributed by atoms with van der Waals surface area (Å²) in [4.78, 5) is 85.8. The number of fused-ring (bicyclic) bond motifs is 3. The Morgan fingerprint density at radius 2 is 1.61 bits per heavy atom. The number of aliphatic hydroxyl groups excluding tert-OH is 2. The Morgan fingerprint density at radius 3 is 2.29 bits per heavy atom. The summed E-state index contributed by atoms with van der Waals surface area (Å²) in [5, 5.41) is 34.1. The highest BCUT2D eigenvalue weighted by molar-refractivity contribution is 6.39. The summed E-state index contributed by atoms with van der Waals surface area (Å²) in [6, 6.07) is -1.18. The fourth-order valence-corrected chi connectivity index (χ4v) is 10.5. The van der Waals surface area contributed by atoms with Crippen molar-refractivity contribution < 1.29 is 72.5 Å². The van der Waals surface area contributed by atoms with E-state index < -0.39 is 90.0 Å². The minimum Gasteiger partial charge on any atom is -0.460 e. The zero-order valence-corrected chi connectivity index (χ0v) is 44.8. The number of ketones is 3. The van der Waals surface area contributed by atoms with Gasteiger partial charge in [-0.1, -0.05) is 71.1 Å². The van der Waals surface area contributed by atoms with E-state index in [1.807, 2.05) is 51.2 Å². The average Bonchev–Trinajstić information content (AvgIpc) is 3.35. The number of piperidine rings is 1. The number of rotatable bonds is 9. The quantitative estimate of drug-likeness (QED) is 0.101. The van der Waals surface area contributed by atoms with Crippen LogP contribution in [0.5, 0.6) is 0 Å². The maximum Gasteiger partial charge on any atom is 0.409 e. The lowest BCUT2D eigenvalue weighted by molar-refractivity contribution is -0.266. The Balaban J connectivity index is 1.72. The number of Topliss-reactive ketones (excluding diaryl/α,β-unsaturated/α-hetero) is 3. The summed E-state index contributed by atoms with van der Waals surface area (Å²) in [6.07, 6.45) is 9.46. The number of ether oxygens (including phenoxy) is 6. The van der Waals surface area contributed by atoms with E-state index in [4.69, 9.17) is 28.4 Å². The van der Waals surface area contributed by atoms with Gasteiger partial charge in [0.05, 0.1) is 31.0 Å². The van der Waals surface area contributed by atoms with Crippen molar-refractivity contribution in [2.75, 3.05) is 48.1 Å². The van der Waals surface area contributed by atoms with Crippen LogP contribution in [0, 0.1) is 35.5 Å². The van der Waals surface area contributed by atoms with Gasteiger partial charge in [0.1, 0.15) is 36.7 Å². The largest absolute Gasteiger partial charge is 0.460 e. The van der Waals surface area contributed by atoms with Crippen LogP contribution in [0.4, 0.5) is 4.79 Å². The maximum absolute atomic E-state index is 14.5. The zero-order valence-electron chi connectivity index (χ0n) is 44.8. The summed E-state index contributed by atoms with van der Waals surface area (Å²) in [5.41, 5.74) is 1.14. The van der Waals surface area contributed by atoms with Gasteiger partial charge in [-0.15, -0.1) is 0 Å². The summed E-state index contributed by atoms with van der Waals surface area (Å²) < 4.78 is 35.2. The second kappa shape index (κ2) is 28.5. The van der Waals surface area contributed by atoms with Crippen molar-refractivity contribution in [3.8, 4) is 0 Å². The molecule has 0 aromatic carbocycles. The van der Waals surface area contributed by atoms with Crippen LogP contribution in [-0.2, 0) is 52.4 Å². The number of allylic oxidation sites excluding steroid dienone is 6. The van der Waals surface area contributed by atoms with Crippen molar-refractivity contribution in [1.82, 2.24) is 9.80 Å². The van der Waals surface area contributed by atoms with Crippen LogP contribution in [0.2, 0.25) is 0 Å². The predicted octanol–water partition coefficient (Wildman–Crippen LogP) is 6.25. The topological polar surface area (TPSA) is 225 Å². The fourth-order valence-electron chi connectivity index (χ4n) is 10.5. The molecule has 72 heavy (non-hydrogen) atoms. The lowest BCUT2D eigenvalue weighted by Gasteiger charge is -2.43. The molecule has 0 spiro atoms. The third-order valence-electron chi connectivity index (χ3n) is 15.2. The average molecular weight is 1020 g/mol. The SMILES string of the molecule is CO[C@@H]1C[C@H](C[C@@H](C)[C@@H]2CC(=O)[C@H](C)/C=C(\C)[C@@H](O)[C@@H](OC)C(=O)[C@H](C)C[C@H](C)/C=C/C=C/C=C(\C)[C@@H](OCCOC(=O)N(C)C)C[C@@H]3CC[C@@H](C)[C@@](O)(O3)C(=O)C(=O)N3CCCC[C@H]3C(=O)O2)CC[C@H]1O. The molecule has 1 saturated carbocycles. The zero-order chi connectivity index (χ0) is 53.4. The molecule has 2 amide bonds. The molecule has 15 atom stereocenters. The number of esters is 1. The van der Waals surface area contributed by atoms with Gasteiger partial charge in [0, 0.05) is 65.5 Å². The van der Waals surface area contributed by atoms with E-state index >= 15 is 0 Å². The number of aliphatic hydroxyl groups is 3. The third-order valence-corrected chi connectivity index (χ3v) is 15.2. The second-order valence-electron chi connectivity index (χ2n) is 21.2. The number of nitrogens with zero attached hydrogens (tertiary/aromatic N) is 2. The minimum absolute atomic E-state index is 0.0323. The highest BCUT2D eigenvalue weighted by atomic mass is 16.6. The van der Waals surface area contributed by atoms with Gasteiger partial charge < -0.3 is 53.5 Å². The Kier molecular flexibility index (Phi) is 24.0. The molecule has 2 saturated heterocycles. The monoisotopic (exact) mass is 1010 g/mol. The first-order chi connectivity index (χ1) is 34.0. The van der Waals surface area contributed by atoms with Crippen LogP contribution in [0.15, 0.2) is 47.6 Å². The molecule has 4 aliphatic rings. The van der Waals surface area contributed by atoms with Crippen molar-refractivity contribution in [1.29, 1.82) is 0 Å². The molecule has 0 aromatic rings. The standard InChI is InChI=1S/C55H86N2O15/c1-33-17-13-12-14-18-34(2)45(69-25-26-70-54(65)56(8)9)31-41-22-20-39(7)55(66,72-41)51(62)52(63)57-24-16-15-19-42(57)53(64)71-46(36(4)29-40-21-23-43(58)47(30-40)67-10)32-44(59)35(3)28-38(6)49(61)50(68-11)48(60)37(5)27-33/h12-14,17-18,28,33,35-37,39-43,45-47,49-50,58,61,66H,15-16,19-27,29-32H2,1-11H3/b14-12+,17-13+,34-18+,38-28+/t33-,35-,36-,37-,39-,40+,41+,42+,43-,45+,46+,47-,49-,50+,55-/m1/s1. The molecule has 0 aromatic heterocycles. The molecule has 3 aliphatic heterocycles. The van der Waals surface area contributed by atoms with Gasteiger partial charge in [-0.25, -0.2) is 9.59 Å². The molecule has 3 N–H and O–H groups in total. The van der Waals surface area contributed by atoms with Gasteiger partial charge >= 0.3 is 12.1 Å². The molecule has 4 rings (SSSR count). The van der Waals surface area contributed by atoms with Crippen LogP contribution in [0.3, 0.4) is 0 Å². The lowest BCUT2D eigenvalue weighted by atomic mass is 9.78. The number of hydrogen-bond donors (Lipinski definition) is 3. The first-order valence-electron chi connectivity index (χ1n) is 26.1. The molecule has 3 fully saturated rings. The third kappa shape index (κ3) is 16.7. The van der Waals surface area contributed by atoms with Gasteiger partial charge in [0.2, 0.25) is 5.79 Å². The summed E-state index contributed by atoms with van der Waals surface area (Å²) in [6.45, 7) is 12.5. The first kappa shape index (κ1) is 60.5. The van der Waals surface area contributed by atoms with Crippen molar-refractivity contribution in [2.24, 2.45) is 35.5 Å². The normalized spacial score (nSPS) is 37.5. The van der Waals surface area contributed by atoms with Crippen LogP contribution in [0.25, 0.3) is 0 Å². The summed E-state index contributed by atoms with van der Waals surface area (Å²) in [5.74, 6) is -8.45. The molecular weight excluding hydrogens is 929 g/mol. The van der Waals surface area contributed by atoms with E-state index in [2.05, 4.69) is 0 Å². The van der Waals surface area contributed by atoms with E-state index in [-0.39, 0.29) is 74.4 Å². The molecule has 2 bridgehead atoms. The van der Waals surface area contributed by atoms with E-state index in [1.54, 1.807) is 55.0 Å². The van der Waals surface area contributed by atoms with Gasteiger partial charge in [-0.05, 0) is 107 Å². The molecule has 17 heteroatoms. The van der Waals surface area contributed by atoms with Gasteiger partial charge in [-0.3, -0.25) is 19.2 Å². The van der Waals surface area contributed by atoms with Crippen molar-refractivity contribution >= 4 is 35.3 Å². The van der Waals surface area contributed by atoms with E-state index in [9.17, 15) is 44.1 Å². The second-order valence-corrected chi connectivity index (χ2v) is 21.2. The van der Waals surface area contributed by atoms with E-state index in [0.717, 1.165) is 10.5 Å². The number of cyclic esters (lactones) is 1. The van der Waals surface area contributed by atoms with Crippen LogP contribution in [-0.4, -0.2) is 163 Å². The number of carbonyl (C=O) groups excluding carboxylic acids is 6. The molecular formula is C55H86N2O15.